The maximum absolute atomic E-state index is 10.7. The van der Waals surface area contributed by atoms with Gasteiger partial charge in [-0.3, -0.25) is 14.7 Å². The Morgan fingerprint density at radius 2 is 0.771 bits per heavy atom. The summed E-state index contributed by atoms with van der Waals surface area (Å²) in [5.41, 5.74) is 17.2. The van der Waals surface area contributed by atoms with Gasteiger partial charge >= 0.3 is 0 Å². The summed E-state index contributed by atoms with van der Waals surface area (Å²) in [4.78, 5) is 33.0. The zero-order valence-electron chi connectivity index (χ0n) is 58.6. The summed E-state index contributed by atoms with van der Waals surface area (Å²) in [5, 5.41) is 37.7. The molecule has 1 aromatic heterocycles. The zero-order chi connectivity index (χ0) is 73.0. The first-order valence-electron chi connectivity index (χ1n) is 33.9. The Balaban J connectivity index is 0.000000123. The number of non-ortho nitro benzene ring substituents is 1. The minimum atomic E-state index is -0.389. The third-order valence-electron chi connectivity index (χ3n) is 18.1. The van der Waals surface area contributed by atoms with E-state index in [1.807, 2.05) is 191 Å². The molecular weight excluding hydrogens is 1300 g/mol. The highest BCUT2D eigenvalue weighted by Crippen LogP contribution is 2.35. The molecule has 514 valence electrons. The number of hydrogen-bond acceptors (Lipinski definition) is 12. The van der Waals surface area contributed by atoms with Gasteiger partial charge in [0.25, 0.3) is 5.69 Å². The van der Waals surface area contributed by atoms with Crippen LogP contribution < -0.4 is 30.0 Å². The third-order valence-corrected chi connectivity index (χ3v) is 18.1. The summed E-state index contributed by atoms with van der Waals surface area (Å²) in [6.45, 7) is 7.10. The summed E-state index contributed by atoms with van der Waals surface area (Å²) in [7, 11) is 10.1. The first-order valence-corrected chi connectivity index (χ1v) is 33.9. The monoisotopic (exact) mass is 1370 g/mol. The molecule has 0 amide bonds. The fourth-order valence-electron chi connectivity index (χ4n) is 12.1. The standard InChI is InChI=1S/C20H17N3.2C18H14N2.C17H16N2O2.C17H14N2O2/c1-22(16-10-4-2-5-11-16)20-21-18-14-8-9-15-19(18)23(20)17-12-6-3-7-13-17;1-19-16-8-5-9-17(13-16)20(2)18-11-10-14-6-3-4-7-15(14)12-18;1-20(17-9-6-14(13-19)7-10-17)18-11-8-15-4-2-3-5-16(15)12-18;1-19(16-8-4-7-15(12-16)18-21-20)17-10-9-13-5-2-3-6-14(13)11-17;1-18(15-8-10-16(11-9-15)19(20)21)17-7-6-13-4-2-3-5-14(13)12-17/h2-15H,1H3;3-13H,2H3;2-12H,1H3;2-12,18,20H,1H3;2-12H,1H3. The number of anilines is 11. The maximum Gasteiger partial charge on any atom is 0.269 e. The molecule has 0 aliphatic carbocycles. The van der Waals surface area contributed by atoms with Gasteiger partial charge in [0.2, 0.25) is 5.95 Å². The van der Waals surface area contributed by atoms with E-state index in [0.717, 1.165) is 73.9 Å². The molecule has 1 heterocycles. The Bertz CT molecular complexity index is 5710. The van der Waals surface area contributed by atoms with Gasteiger partial charge in [0.15, 0.2) is 5.69 Å². The second-order valence-corrected chi connectivity index (χ2v) is 24.6. The van der Waals surface area contributed by atoms with Crippen LogP contribution in [0.4, 0.5) is 74.2 Å². The summed E-state index contributed by atoms with van der Waals surface area (Å²) in [5.74, 6) is 0.906. The van der Waals surface area contributed by atoms with Crippen molar-refractivity contribution in [1.29, 1.82) is 5.26 Å². The first kappa shape index (κ1) is 70.8. The fraction of sp³-hybridized carbons (Fsp3) is 0.0556. The van der Waals surface area contributed by atoms with E-state index in [1.165, 1.54) is 55.2 Å². The van der Waals surface area contributed by atoms with E-state index in [4.69, 9.17) is 22.1 Å². The van der Waals surface area contributed by atoms with E-state index in [2.05, 4.69) is 222 Å². The summed E-state index contributed by atoms with van der Waals surface area (Å²) < 4.78 is 2.20. The van der Waals surface area contributed by atoms with Crippen molar-refractivity contribution < 1.29 is 15.2 Å². The lowest BCUT2D eigenvalue weighted by molar-refractivity contribution is -0.384. The molecule has 0 aliphatic rings. The van der Waals surface area contributed by atoms with Gasteiger partial charge in [-0.25, -0.2) is 20.6 Å². The smallest absolute Gasteiger partial charge is 0.269 e. The number of imidazole rings is 1. The number of hydrogen-bond donors (Lipinski definition) is 2. The Morgan fingerprint density at radius 3 is 1.22 bits per heavy atom. The minimum absolute atomic E-state index is 0.102. The van der Waals surface area contributed by atoms with Crippen LogP contribution >= 0.6 is 0 Å². The zero-order valence-corrected chi connectivity index (χ0v) is 58.6. The topological polar surface area (TPSA) is 147 Å². The van der Waals surface area contributed by atoms with Gasteiger partial charge < -0.3 is 24.5 Å². The first-order chi connectivity index (χ1) is 51.3. The number of benzene rings is 15. The molecule has 16 rings (SSSR count). The van der Waals surface area contributed by atoms with Crippen molar-refractivity contribution in [3.63, 3.8) is 0 Å². The summed E-state index contributed by atoms with van der Waals surface area (Å²) >= 11 is 0. The third kappa shape index (κ3) is 17.4. The molecule has 0 aliphatic heterocycles. The van der Waals surface area contributed by atoms with E-state index in [9.17, 15) is 10.1 Å². The number of rotatable bonds is 14. The minimum Gasteiger partial charge on any atom is -0.346 e. The number of aromatic nitrogens is 2. The van der Waals surface area contributed by atoms with Crippen LogP contribution in [0.1, 0.15) is 5.56 Å². The molecule has 0 bridgehead atoms. The predicted molar refractivity (Wildman–Crippen MR) is 434 cm³/mol. The van der Waals surface area contributed by atoms with Gasteiger partial charge in [-0.2, -0.15) is 5.26 Å². The fourth-order valence-corrected chi connectivity index (χ4v) is 12.1. The normalized spacial score (nSPS) is 10.5. The highest BCUT2D eigenvalue weighted by atomic mass is 17.2. The molecule has 2 N–H and O–H groups in total. The van der Waals surface area contributed by atoms with E-state index < -0.39 is 0 Å². The molecule has 105 heavy (non-hydrogen) atoms. The molecule has 0 atom stereocenters. The van der Waals surface area contributed by atoms with Crippen LogP contribution in [0.2, 0.25) is 0 Å². The van der Waals surface area contributed by atoms with Crippen LogP contribution in [0.5, 0.6) is 0 Å². The van der Waals surface area contributed by atoms with E-state index >= 15 is 0 Å². The van der Waals surface area contributed by atoms with Gasteiger partial charge in [-0.15, -0.1) is 4.99 Å². The van der Waals surface area contributed by atoms with Crippen molar-refractivity contribution in [3.8, 4) is 11.8 Å². The SMILES string of the molecule is CN(c1ccc(C#N)cc1)c1ccc2ccccc2c1.CN(c1ccc([N+](=O)[O-])cc1)c1ccc2ccccc2c1.CN(c1cccc(NOO)c1)c1ccc2ccccc2c1.CN(c1ccccc1)c1nc2ccccc2n1-c1ccccc1.[C-]#[N+]c1cccc(N(C)c2ccc3ccccc3c2)c1. The molecule has 15 heteroatoms. The average Bonchev–Trinajstić information content (AvgIpc) is 1.62. The summed E-state index contributed by atoms with van der Waals surface area (Å²) in [6, 6.07) is 119. The average molecular weight is 1370 g/mol. The van der Waals surface area contributed by atoms with Gasteiger partial charge in [0, 0.05) is 104 Å². The Hall–Kier alpha value is -14.1. The molecular formula is C90H75N11O4. The van der Waals surface area contributed by atoms with E-state index in [0.29, 0.717) is 16.9 Å². The van der Waals surface area contributed by atoms with Crippen LogP contribution in [-0.2, 0) is 4.99 Å². The number of fused-ring (bicyclic) bond motifs is 5. The predicted octanol–water partition coefficient (Wildman–Crippen LogP) is 23.4. The van der Waals surface area contributed by atoms with Crippen LogP contribution in [0.15, 0.2) is 352 Å². The van der Waals surface area contributed by atoms with Crippen LogP contribution in [0.25, 0.3) is 64.7 Å². The van der Waals surface area contributed by atoms with Gasteiger partial charge in [-0.1, -0.05) is 188 Å². The van der Waals surface area contributed by atoms with Gasteiger partial charge in [0.05, 0.1) is 39.8 Å². The maximum atomic E-state index is 10.7. The lowest BCUT2D eigenvalue weighted by atomic mass is 10.1. The van der Waals surface area contributed by atoms with Crippen molar-refractivity contribution in [2.45, 2.75) is 0 Å². The molecule has 0 unspecified atom stereocenters. The van der Waals surface area contributed by atoms with Crippen molar-refractivity contribution in [2.75, 3.05) is 65.2 Å². The highest BCUT2D eigenvalue weighted by Gasteiger charge is 2.18. The molecule has 0 radical (unpaired) electrons. The Morgan fingerprint density at radius 1 is 0.410 bits per heavy atom. The Labute approximate surface area is 610 Å². The van der Waals surface area contributed by atoms with Crippen molar-refractivity contribution in [1.82, 2.24) is 9.55 Å². The van der Waals surface area contributed by atoms with Crippen LogP contribution in [0.3, 0.4) is 0 Å². The number of nitro benzene ring substituents is 1. The summed E-state index contributed by atoms with van der Waals surface area (Å²) in [6.07, 6.45) is 0. The lowest BCUT2D eigenvalue weighted by Gasteiger charge is -2.20. The Kier molecular flexibility index (Phi) is 22.8. The largest absolute Gasteiger partial charge is 0.346 e. The molecule has 0 saturated heterocycles. The van der Waals surface area contributed by atoms with E-state index in [-0.39, 0.29) is 10.6 Å². The van der Waals surface area contributed by atoms with Gasteiger partial charge in [0.1, 0.15) is 0 Å². The van der Waals surface area contributed by atoms with Gasteiger partial charge in [-0.05, 0) is 195 Å². The molecule has 15 nitrogen and oxygen atoms in total. The van der Waals surface area contributed by atoms with Crippen molar-refractivity contribution in [2.24, 2.45) is 0 Å². The number of para-hydroxylation sites is 4. The number of nitrogens with zero attached hydrogens (tertiary/aromatic N) is 10. The lowest BCUT2D eigenvalue weighted by Crippen LogP contribution is -2.14. The number of nitro groups is 1. The second-order valence-electron chi connectivity index (χ2n) is 24.6. The van der Waals surface area contributed by atoms with Crippen molar-refractivity contribution in [3.05, 3.63) is 379 Å². The van der Waals surface area contributed by atoms with Crippen LogP contribution in [-0.4, -0.2) is 55.0 Å². The molecule has 0 spiro atoms. The number of nitrogens with one attached hydrogen (secondary N) is 1. The quantitative estimate of drug-likeness (QED) is 0.0462. The van der Waals surface area contributed by atoms with E-state index in [1.54, 1.807) is 12.1 Å². The molecule has 15 aromatic carbocycles. The highest BCUT2D eigenvalue weighted by molar-refractivity contribution is 5.91. The molecule has 0 fully saturated rings. The molecule has 0 saturated carbocycles. The molecule has 16 aromatic rings. The number of nitriles is 1. The van der Waals surface area contributed by atoms with Crippen molar-refractivity contribution >= 4 is 128 Å². The van der Waals surface area contributed by atoms with Crippen LogP contribution in [0, 0.1) is 28.0 Å². The second kappa shape index (κ2) is 33.8.